The molecule has 1 aliphatic heterocycles. The van der Waals surface area contributed by atoms with Gasteiger partial charge >= 0.3 is 0 Å². The Hall–Kier alpha value is -3.12. The third-order valence-corrected chi connectivity index (χ3v) is 5.22. The molecule has 6 heteroatoms. The molecule has 0 aliphatic carbocycles. The summed E-state index contributed by atoms with van der Waals surface area (Å²) in [7, 11) is 0. The van der Waals surface area contributed by atoms with E-state index in [1.54, 1.807) is 29.7 Å². The van der Waals surface area contributed by atoms with Gasteiger partial charge in [0.05, 0.1) is 23.1 Å². The standard InChI is InChI=1S/C22H22N4O2/c1-15-21(19(7-8-24-15)16-5-3-2-4-6-16)22(28)26-13-17(20(27)14-26)11-18-12-23-9-10-25-18/h2-10,12,17,20,27H,11,13-14H2,1H3/t17-,20-/m1/s1. The molecular weight excluding hydrogens is 352 g/mol. The number of nitrogens with zero attached hydrogens (tertiary/aromatic N) is 4. The number of aliphatic hydroxyl groups is 1. The number of β-amino-alcohol motifs (C(OH)–C–C–N with tert-alkyl or cyclic N) is 1. The molecule has 1 aliphatic rings. The van der Waals surface area contributed by atoms with E-state index in [1.807, 2.05) is 43.3 Å². The van der Waals surface area contributed by atoms with Crippen LogP contribution in [0.15, 0.2) is 61.2 Å². The number of pyridine rings is 1. The van der Waals surface area contributed by atoms with Crippen LogP contribution >= 0.6 is 0 Å². The number of aliphatic hydroxyl groups excluding tert-OH is 1. The number of carbonyl (C=O) groups excluding carboxylic acids is 1. The summed E-state index contributed by atoms with van der Waals surface area (Å²) in [5.74, 6) is -0.150. The van der Waals surface area contributed by atoms with E-state index in [1.165, 1.54) is 0 Å². The third-order valence-electron chi connectivity index (χ3n) is 5.22. The third kappa shape index (κ3) is 3.64. The average Bonchev–Trinajstić information content (AvgIpc) is 3.09. The van der Waals surface area contributed by atoms with E-state index < -0.39 is 6.10 Å². The van der Waals surface area contributed by atoms with Crippen LogP contribution in [0.4, 0.5) is 0 Å². The highest BCUT2D eigenvalue weighted by molar-refractivity contribution is 6.02. The van der Waals surface area contributed by atoms with Crippen LogP contribution in [0.2, 0.25) is 0 Å². The second kappa shape index (κ2) is 7.86. The predicted molar refractivity (Wildman–Crippen MR) is 106 cm³/mol. The van der Waals surface area contributed by atoms with Crippen LogP contribution in [0.25, 0.3) is 11.1 Å². The molecule has 0 saturated carbocycles. The van der Waals surface area contributed by atoms with Gasteiger partial charge in [-0.25, -0.2) is 0 Å². The highest BCUT2D eigenvalue weighted by atomic mass is 16.3. The summed E-state index contributed by atoms with van der Waals surface area (Å²) in [6.07, 6.45) is 6.71. The van der Waals surface area contributed by atoms with E-state index in [-0.39, 0.29) is 11.8 Å². The van der Waals surface area contributed by atoms with E-state index in [0.717, 1.165) is 16.8 Å². The van der Waals surface area contributed by atoms with Gasteiger partial charge in [0, 0.05) is 43.8 Å². The molecule has 2 atom stereocenters. The number of hydrogen-bond donors (Lipinski definition) is 1. The molecule has 0 unspecified atom stereocenters. The van der Waals surface area contributed by atoms with Gasteiger partial charge in [0.1, 0.15) is 0 Å². The van der Waals surface area contributed by atoms with E-state index in [9.17, 15) is 9.90 Å². The lowest BCUT2D eigenvalue weighted by Crippen LogP contribution is -2.31. The SMILES string of the molecule is Cc1nccc(-c2ccccc2)c1C(=O)N1C[C@@H](Cc2cnccn2)[C@H](O)C1. The Morgan fingerprint density at radius 1 is 1.11 bits per heavy atom. The number of carbonyl (C=O) groups is 1. The van der Waals surface area contributed by atoms with Crippen molar-refractivity contribution in [2.75, 3.05) is 13.1 Å². The summed E-state index contributed by atoms with van der Waals surface area (Å²) >= 11 is 0. The zero-order valence-electron chi connectivity index (χ0n) is 15.7. The number of amides is 1. The summed E-state index contributed by atoms with van der Waals surface area (Å²) in [6.45, 7) is 2.65. The number of likely N-dealkylation sites (tertiary alicyclic amines) is 1. The predicted octanol–water partition coefficient (Wildman–Crippen LogP) is 2.52. The van der Waals surface area contributed by atoms with Crippen LogP contribution in [-0.4, -0.2) is 50.1 Å². The number of rotatable bonds is 4. The molecule has 142 valence electrons. The molecule has 3 aromatic rings. The van der Waals surface area contributed by atoms with E-state index in [4.69, 9.17) is 0 Å². The molecule has 1 fully saturated rings. The van der Waals surface area contributed by atoms with Gasteiger partial charge in [-0.1, -0.05) is 30.3 Å². The van der Waals surface area contributed by atoms with Crippen molar-refractivity contribution in [3.63, 3.8) is 0 Å². The average molecular weight is 374 g/mol. The molecule has 4 rings (SSSR count). The van der Waals surface area contributed by atoms with Crippen molar-refractivity contribution in [3.05, 3.63) is 78.1 Å². The number of aromatic nitrogens is 3. The van der Waals surface area contributed by atoms with Gasteiger partial charge < -0.3 is 10.0 Å². The van der Waals surface area contributed by atoms with Crippen molar-refractivity contribution in [2.24, 2.45) is 5.92 Å². The summed E-state index contributed by atoms with van der Waals surface area (Å²) in [4.78, 5) is 27.8. The van der Waals surface area contributed by atoms with Crippen molar-refractivity contribution in [1.82, 2.24) is 19.9 Å². The van der Waals surface area contributed by atoms with Crippen molar-refractivity contribution >= 4 is 5.91 Å². The molecule has 1 amide bonds. The fourth-order valence-corrected chi connectivity index (χ4v) is 3.78. The second-order valence-electron chi connectivity index (χ2n) is 7.12. The van der Waals surface area contributed by atoms with Crippen LogP contribution < -0.4 is 0 Å². The Labute approximate surface area is 163 Å². The lowest BCUT2D eigenvalue weighted by molar-refractivity contribution is 0.0764. The summed E-state index contributed by atoms with van der Waals surface area (Å²) < 4.78 is 0. The van der Waals surface area contributed by atoms with Crippen LogP contribution in [0.5, 0.6) is 0 Å². The van der Waals surface area contributed by atoms with Gasteiger partial charge in [0.15, 0.2) is 0 Å². The van der Waals surface area contributed by atoms with Gasteiger partial charge in [-0.2, -0.15) is 0 Å². The molecule has 28 heavy (non-hydrogen) atoms. The number of benzene rings is 1. The van der Waals surface area contributed by atoms with Crippen molar-refractivity contribution in [2.45, 2.75) is 19.4 Å². The lowest BCUT2D eigenvalue weighted by Gasteiger charge is -2.19. The molecule has 6 nitrogen and oxygen atoms in total. The quantitative estimate of drug-likeness (QED) is 0.759. The van der Waals surface area contributed by atoms with E-state index in [0.29, 0.717) is 30.8 Å². The summed E-state index contributed by atoms with van der Waals surface area (Å²) in [5.41, 5.74) is 3.96. The normalized spacial score (nSPS) is 19.0. The molecule has 1 saturated heterocycles. The number of aryl methyl sites for hydroxylation is 1. The first-order chi connectivity index (χ1) is 13.6. The fourth-order valence-electron chi connectivity index (χ4n) is 3.78. The fraction of sp³-hybridized carbons (Fsp3) is 0.273. The zero-order chi connectivity index (χ0) is 19.5. The minimum Gasteiger partial charge on any atom is -0.391 e. The topological polar surface area (TPSA) is 79.2 Å². The molecule has 0 spiro atoms. The minimum absolute atomic E-state index is 0.0576. The van der Waals surface area contributed by atoms with Crippen LogP contribution in [0.3, 0.4) is 0 Å². The van der Waals surface area contributed by atoms with E-state index in [2.05, 4.69) is 15.0 Å². The largest absolute Gasteiger partial charge is 0.391 e. The molecule has 1 aromatic carbocycles. The summed E-state index contributed by atoms with van der Waals surface area (Å²) in [5, 5.41) is 10.5. The van der Waals surface area contributed by atoms with Crippen molar-refractivity contribution in [1.29, 1.82) is 0 Å². The van der Waals surface area contributed by atoms with Gasteiger partial charge in [-0.3, -0.25) is 19.7 Å². The monoisotopic (exact) mass is 374 g/mol. The molecule has 3 heterocycles. The first-order valence-corrected chi connectivity index (χ1v) is 9.36. The zero-order valence-corrected chi connectivity index (χ0v) is 15.7. The van der Waals surface area contributed by atoms with Crippen LogP contribution in [0, 0.1) is 12.8 Å². The van der Waals surface area contributed by atoms with Crippen molar-refractivity contribution < 1.29 is 9.90 Å². The van der Waals surface area contributed by atoms with E-state index >= 15 is 0 Å². The van der Waals surface area contributed by atoms with Gasteiger partial charge in [0.2, 0.25) is 0 Å². The van der Waals surface area contributed by atoms with Crippen molar-refractivity contribution in [3.8, 4) is 11.1 Å². The Kier molecular flexibility index (Phi) is 5.12. The Morgan fingerprint density at radius 2 is 1.93 bits per heavy atom. The summed E-state index contributed by atoms with van der Waals surface area (Å²) in [6, 6.07) is 11.7. The van der Waals surface area contributed by atoms with Crippen LogP contribution in [-0.2, 0) is 6.42 Å². The lowest BCUT2D eigenvalue weighted by atomic mass is 9.98. The van der Waals surface area contributed by atoms with Gasteiger partial charge in [-0.15, -0.1) is 0 Å². The first-order valence-electron chi connectivity index (χ1n) is 9.36. The molecule has 2 aromatic heterocycles. The van der Waals surface area contributed by atoms with Crippen LogP contribution in [0.1, 0.15) is 21.7 Å². The molecule has 0 radical (unpaired) electrons. The maximum atomic E-state index is 13.4. The highest BCUT2D eigenvalue weighted by Gasteiger charge is 2.36. The Balaban J connectivity index is 1.59. The second-order valence-corrected chi connectivity index (χ2v) is 7.12. The maximum absolute atomic E-state index is 13.4. The smallest absolute Gasteiger partial charge is 0.256 e. The Morgan fingerprint density at radius 3 is 2.68 bits per heavy atom. The Bertz CT molecular complexity index is 963. The minimum atomic E-state index is -0.580. The molecular formula is C22H22N4O2. The van der Waals surface area contributed by atoms with Gasteiger partial charge in [-0.05, 0) is 30.5 Å². The van der Waals surface area contributed by atoms with Gasteiger partial charge in [0.25, 0.3) is 5.91 Å². The first kappa shape index (κ1) is 18.3. The number of hydrogen-bond acceptors (Lipinski definition) is 5. The highest BCUT2D eigenvalue weighted by Crippen LogP contribution is 2.29. The molecule has 1 N–H and O–H groups in total. The maximum Gasteiger partial charge on any atom is 0.256 e. The molecule has 0 bridgehead atoms.